The molecular formula is C25H35NO8. The molecule has 0 unspecified atom stereocenters. The number of carboxylic acids is 2. The molecule has 9 heteroatoms. The van der Waals surface area contributed by atoms with Crippen molar-refractivity contribution in [1.29, 1.82) is 0 Å². The Balaban J connectivity index is 0.000000235. The van der Waals surface area contributed by atoms with Gasteiger partial charge in [0.15, 0.2) is 12.2 Å². The molecular weight excluding hydrogens is 442 g/mol. The third-order valence-corrected chi connectivity index (χ3v) is 8.60. The average molecular weight is 478 g/mol. The van der Waals surface area contributed by atoms with Gasteiger partial charge in [0, 0.05) is 18.0 Å². The lowest BCUT2D eigenvalue weighted by Crippen LogP contribution is -2.72. The van der Waals surface area contributed by atoms with Gasteiger partial charge in [0.25, 0.3) is 0 Å². The van der Waals surface area contributed by atoms with Crippen LogP contribution in [0.4, 0.5) is 0 Å². The van der Waals surface area contributed by atoms with E-state index in [1.807, 2.05) is 12.1 Å². The molecule has 9 nitrogen and oxygen atoms in total. The Kier molecular flexibility index (Phi) is 6.92. The Morgan fingerprint density at radius 2 is 1.65 bits per heavy atom. The number of nitrogens with zero attached hydrogens (tertiary/aromatic N) is 1. The molecule has 0 radical (unpaired) electrons. The highest BCUT2D eigenvalue weighted by molar-refractivity contribution is 5.83. The third kappa shape index (κ3) is 4.19. The normalized spacial score (nSPS) is 32.1. The van der Waals surface area contributed by atoms with Gasteiger partial charge in [-0.1, -0.05) is 25.3 Å². The van der Waals surface area contributed by atoms with Gasteiger partial charge < -0.3 is 30.6 Å². The first-order chi connectivity index (χ1) is 16.1. The van der Waals surface area contributed by atoms with Gasteiger partial charge in [-0.25, -0.2) is 9.59 Å². The molecule has 34 heavy (non-hydrogen) atoms. The molecule has 0 aromatic heterocycles. The van der Waals surface area contributed by atoms with Gasteiger partial charge in [-0.15, -0.1) is 0 Å². The van der Waals surface area contributed by atoms with Gasteiger partial charge in [-0.2, -0.15) is 0 Å². The number of aromatic hydroxyl groups is 1. The van der Waals surface area contributed by atoms with Crippen LogP contribution in [0, 0.1) is 5.92 Å². The van der Waals surface area contributed by atoms with Gasteiger partial charge in [0.05, 0.1) is 5.60 Å². The fourth-order valence-corrected chi connectivity index (χ4v) is 6.59. The number of aliphatic carboxylic acids is 2. The maximum atomic E-state index is 11.9. The number of aliphatic hydroxyl groups excluding tert-OH is 2. The maximum absolute atomic E-state index is 11.9. The summed E-state index contributed by atoms with van der Waals surface area (Å²) in [4.78, 5) is 22.2. The third-order valence-electron chi connectivity index (χ3n) is 8.60. The molecule has 188 valence electrons. The van der Waals surface area contributed by atoms with Gasteiger partial charge in [-0.3, -0.25) is 4.90 Å². The Morgan fingerprint density at radius 3 is 2.24 bits per heavy atom. The Morgan fingerprint density at radius 1 is 1.00 bits per heavy atom. The molecule has 5 atom stereocenters. The molecule has 1 saturated heterocycles. The molecule has 1 aromatic rings. The van der Waals surface area contributed by atoms with Crippen LogP contribution in [0.5, 0.6) is 5.75 Å². The van der Waals surface area contributed by atoms with E-state index in [2.05, 4.69) is 11.0 Å². The highest BCUT2D eigenvalue weighted by atomic mass is 16.4. The quantitative estimate of drug-likeness (QED) is 0.367. The number of hydrogen-bond acceptors (Lipinski definition) is 7. The van der Waals surface area contributed by atoms with Crippen LogP contribution in [0.2, 0.25) is 0 Å². The lowest BCUT2D eigenvalue weighted by molar-refractivity contribution is -0.169. The highest BCUT2D eigenvalue weighted by Gasteiger charge is 2.63. The van der Waals surface area contributed by atoms with E-state index in [0.29, 0.717) is 5.75 Å². The van der Waals surface area contributed by atoms with Gasteiger partial charge in [-0.05, 0) is 74.2 Å². The van der Waals surface area contributed by atoms with Crippen molar-refractivity contribution in [2.24, 2.45) is 5.92 Å². The van der Waals surface area contributed by atoms with Crippen molar-refractivity contribution >= 4 is 11.9 Å². The topological polar surface area (TPSA) is 159 Å². The summed E-state index contributed by atoms with van der Waals surface area (Å²) >= 11 is 0. The van der Waals surface area contributed by atoms with E-state index in [1.165, 1.54) is 43.4 Å². The number of fused-ring (bicyclic) bond motifs is 1. The molecule has 3 fully saturated rings. The lowest BCUT2D eigenvalue weighted by atomic mass is 9.49. The van der Waals surface area contributed by atoms with Gasteiger partial charge in [0.1, 0.15) is 5.75 Å². The van der Waals surface area contributed by atoms with Crippen molar-refractivity contribution in [3.05, 3.63) is 29.3 Å². The second kappa shape index (κ2) is 9.45. The van der Waals surface area contributed by atoms with E-state index in [9.17, 15) is 19.8 Å². The predicted molar refractivity (Wildman–Crippen MR) is 122 cm³/mol. The molecule has 1 heterocycles. The standard InChI is InChI=1S/C21H29NO2.C4H6O6/c23-17-7-6-16-12-19-21(24)9-2-1-8-20(21,18(16)13-17)10-11-22(19)14-15-4-3-5-15;5-1(3(7)8)2(6)4(9)10/h6-7,13,15,19,23-24H,1-5,8-12,14H2;1-2,5-6H,(H,7,8)(H,9,10)/t19-,20+,21+;1-,2-/m01/s1. The van der Waals surface area contributed by atoms with Crippen molar-refractivity contribution in [1.82, 2.24) is 4.90 Å². The van der Waals surface area contributed by atoms with E-state index < -0.39 is 29.7 Å². The molecule has 2 bridgehead atoms. The number of benzene rings is 1. The summed E-state index contributed by atoms with van der Waals surface area (Å²) in [5.41, 5.74) is 1.89. The van der Waals surface area contributed by atoms with Crippen LogP contribution in [0.3, 0.4) is 0 Å². The van der Waals surface area contributed by atoms with Crippen molar-refractivity contribution in [2.75, 3.05) is 13.1 Å². The number of piperidine rings is 1. The monoisotopic (exact) mass is 477 g/mol. The van der Waals surface area contributed by atoms with E-state index in [0.717, 1.165) is 44.6 Å². The minimum Gasteiger partial charge on any atom is -0.508 e. The minimum atomic E-state index is -2.27. The smallest absolute Gasteiger partial charge is 0.335 e. The summed E-state index contributed by atoms with van der Waals surface area (Å²) in [5, 5.41) is 54.6. The number of likely N-dealkylation sites (tertiary alicyclic amines) is 1. The first-order valence-electron chi connectivity index (χ1n) is 12.2. The van der Waals surface area contributed by atoms with Gasteiger partial charge >= 0.3 is 11.9 Å². The number of carbonyl (C=O) groups is 2. The maximum Gasteiger partial charge on any atom is 0.335 e. The number of rotatable bonds is 5. The summed E-state index contributed by atoms with van der Waals surface area (Å²) in [6.45, 7) is 2.29. The Hall–Kier alpha value is -2.20. The zero-order chi connectivity index (χ0) is 24.7. The van der Waals surface area contributed by atoms with Crippen LogP contribution in [-0.4, -0.2) is 84.4 Å². The summed E-state index contributed by atoms with van der Waals surface area (Å²) in [6, 6.07) is 6.17. The van der Waals surface area contributed by atoms with Crippen LogP contribution in [-0.2, 0) is 21.4 Å². The average Bonchev–Trinajstić information content (AvgIpc) is 2.76. The number of hydrogen-bond donors (Lipinski definition) is 6. The van der Waals surface area contributed by atoms with Crippen molar-refractivity contribution < 1.29 is 40.2 Å². The molecule has 5 rings (SSSR count). The van der Waals surface area contributed by atoms with Crippen molar-refractivity contribution in [3.8, 4) is 5.75 Å². The van der Waals surface area contributed by atoms with E-state index in [1.54, 1.807) is 0 Å². The second-order valence-electron chi connectivity index (χ2n) is 10.4. The summed E-state index contributed by atoms with van der Waals surface area (Å²) in [5.74, 6) is -2.33. The molecule has 0 spiro atoms. The largest absolute Gasteiger partial charge is 0.508 e. The van der Waals surface area contributed by atoms with Crippen LogP contribution >= 0.6 is 0 Å². The first-order valence-corrected chi connectivity index (χ1v) is 12.2. The number of phenolic OH excluding ortho intramolecular Hbond substituents is 1. The lowest BCUT2D eigenvalue weighted by Gasteiger charge is -2.64. The van der Waals surface area contributed by atoms with Gasteiger partial charge in [0.2, 0.25) is 0 Å². The molecule has 4 aliphatic rings. The first kappa shape index (κ1) is 24.9. The number of aliphatic hydroxyl groups is 3. The van der Waals surface area contributed by atoms with Crippen LogP contribution in [0.25, 0.3) is 0 Å². The van der Waals surface area contributed by atoms with E-state index >= 15 is 0 Å². The van der Waals surface area contributed by atoms with Crippen LogP contribution < -0.4 is 0 Å². The fourth-order valence-electron chi connectivity index (χ4n) is 6.59. The Bertz CT molecular complexity index is 915. The zero-order valence-corrected chi connectivity index (χ0v) is 19.3. The second-order valence-corrected chi connectivity index (χ2v) is 10.4. The van der Waals surface area contributed by atoms with Crippen molar-refractivity contribution in [3.63, 3.8) is 0 Å². The number of phenols is 1. The van der Waals surface area contributed by atoms with Crippen molar-refractivity contribution in [2.45, 2.75) is 87.1 Å². The highest BCUT2D eigenvalue weighted by Crippen LogP contribution is 2.58. The van der Waals surface area contributed by atoms with E-state index in [4.69, 9.17) is 20.4 Å². The zero-order valence-electron chi connectivity index (χ0n) is 19.3. The molecule has 1 aromatic carbocycles. The SMILES string of the molecule is O=C(O)[C@H](O)[C@@H](O)C(=O)O.Oc1ccc2c(c1)[C@]13CCCC[C@@]1(O)[C@H](C2)N(CC1CCC1)CC3. The van der Waals surface area contributed by atoms with E-state index in [-0.39, 0.29) is 11.5 Å². The predicted octanol–water partition coefficient (Wildman–Crippen LogP) is 1.24. The minimum absolute atomic E-state index is 0.127. The summed E-state index contributed by atoms with van der Waals surface area (Å²) in [6.07, 6.45) is 5.93. The molecule has 1 aliphatic heterocycles. The summed E-state index contributed by atoms with van der Waals surface area (Å²) in [7, 11) is 0. The summed E-state index contributed by atoms with van der Waals surface area (Å²) < 4.78 is 0. The Labute approximate surface area is 198 Å². The molecule has 2 saturated carbocycles. The number of carboxylic acid groups (broad SMARTS) is 2. The molecule has 3 aliphatic carbocycles. The van der Waals surface area contributed by atoms with Crippen LogP contribution in [0.1, 0.15) is 62.5 Å². The van der Waals surface area contributed by atoms with Crippen LogP contribution in [0.15, 0.2) is 18.2 Å². The molecule has 0 amide bonds. The molecule has 6 N–H and O–H groups in total. The fraction of sp³-hybridized carbons (Fsp3) is 0.680.